The molecular weight excluding hydrogens is 244 g/mol. The van der Waals surface area contributed by atoms with Gasteiger partial charge in [-0.1, -0.05) is 49.0 Å². The molecule has 0 aliphatic heterocycles. The van der Waals surface area contributed by atoms with Gasteiger partial charge in [-0.3, -0.25) is 4.89 Å². The van der Waals surface area contributed by atoms with E-state index >= 15 is 0 Å². The number of carbonyl (C=O) groups excluding carboxylic acids is 1. The minimum Gasteiger partial charge on any atom is -0.293 e. The van der Waals surface area contributed by atoms with Gasteiger partial charge in [0, 0.05) is 0 Å². The van der Waals surface area contributed by atoms with Crippen LogP contribution in [0.15, 0.2) is 36.5 Å². The van der Waals surface area contributed by atoms with Gasteiger partial charge >= 0.3 is 5.97 Å². The highest BCUT2D eigenvalue weighted by molar-refractivity contribution is 6.95. The second-order valence-electron chi connectivity index (χ2n) is 4.18. The molecule has 0 radical (unpaired) electrons. The fourth-order valence-corrected chi connectivity index (χ4v) is 5.09. The Kier molecular flexibility index (Phi) is 5.31. The van der Waals surface area contributed by atoms with Crippen molar-refractivity contribution in [3.05, 3.63) is 42.1 Å². The molecule has 0 aromatic heterocycles. The fourth-order valence-electron chi connectivity index (χ4n) is 2.13. The molecule has 18 heavy (non-hydrogen) atoms. The molecule has 1 aromatic rings. The van der Waals surface area contributed by atoms with E-state index in [1.54, 1.807) is 12.1 Å². The molecule has 0 fully saturated rings. The third-order valence-corrected chi connectivity index (χ3v) is 8.30. The van der Waals surface area contributed by atoms with E-state index in [1.165, 1.54) is 12.3 Å². The molecule has 0 bridgehead atoms. The van der Waals surface area contributed by atoms with Crippen LogP contribution in [0.3, 0.4) is 0 Å². The van der Waals surface area contributed by atoms with Crippen molar-refractivity contribution in [2.45, 2.75) is 25.9 Å². The summed E-state index contributed by atoms with van der Waals surface area (Å²) in [6.45, 7) is 8.39. The predicted octanol–water partition coefficient (Wildman–Crippen LogP) is 2.83. The quantitative estimate of drug-likeness (QED) is 0.450. The highest BCUT2D eigenvalue weighted by Crippen LogP contribution is 2.17. The predicted molar refractivity (Wildman–Crippen MR) is 75.4 cm³/mol. The highest BCUT2D eigenvalue weighted by Gasteiger charge is 2.27. The normalized spacial score (nSPS) is 11.1. The molecule has 0 atom stereocenters. The first-order valence-corrected chi connectivity index (χ1v) is 8.61. The number of hydrogen-bond acceptors (Lipinski definition) is 3. The monoisotopic (exact) mass is 264 g/mol. The van der Waals surface area contributed by atoms with E-state index < -0.39 is 14.0 Å². The molecule has 3 nitrogen and oxygen atoms in total. The standard InChI is InChI=1S/C14H20O3Si/c1-5-18(6-2,7-3)13-10-8-12(9-11-13)14(15)17-16-4/h5,8-11H,1,6-7H2,2-4H3. The van der Waals surface area contributed by atoms with E-state index in [0.29, 0.717) is 5.56 Å². The number of carbonyl (C=O) groups is 1. The van der Waals surface area contributed by atoms with E-state index in [9.17, 15) is 4.79 Å². The second kappa shape index (κ2) is 6.52. The summed E-state index contributed by atoms with van der Waals surface area (Å²) in [6, 6.07) is 9.82. The van der Waals surface area contributed by atoms with Gasteiger partial charge in [0.1, 0.15) is 8.07 Å². The zero-order valence-electron chi connectivity index (χ0n) is 11.2. The Hall–Kier alpha value is -1.39. The van der Waals surface area contributed by atoms with Gasteiger partial charge < -0.3 is 0 Å². The van der Waals surface area contributed by atoms with Crippen molar-refractivity contribution < 1.29 is 14.6 Å². The Labute approximate surface area is 109 Å². The molecule has 1 rings (SSSR count). The van der Waals surface area contributed by atoms with Crippen LogP contribution in [0, 0.1) is 0 Å². The topological polar surface area (TPSA) is 35.5 Å². The lowest BCUT2D eigenvalue weighted by Gasteiger charge is -2.25. The maximum Gasteiger partial charge on any atom is 0.373 e. The summed E-state index contributed by atoms with van der Waals surface area (Å²) in [6.07, 6.45) is 0. The number of benzene rings is 1. The van der Waals surface area contributed by atoms with Crippen molar-refractivity contribution in [1.29, 1.82) is 0 Å². The van der Waals surface area contributed by atoms with E-state index in [0.717, 1.165) is 12.1 Å². The van der Waals surface area contributed by atoms with Crippen LogP contribution in [0.25, 0.3) is 0 Å². The van der Waals surface area contributed by atoms with Crippen molar-refractivity contribution >= 4 is 19.2 Å². The largest absolute Gasteiger partial charge is 0.373 e. The first-order chi connectivity index (χ1) is 8.63. The average molecular weight is 264 g/mol. The minimum atomic E-state index is -1.59. The van der Waals surface area contributed by atoms with Crippen LogP contribution < -0.4 is 5.19 Å². The average Bonchev–Trinajstić information content (AvgIpc) is 2.42. The molecular formula is C14H20O3Si. The molecule has 0 spiro atoms. The molecule has 98 valence electrons. The Morgan fingerprint density at radius 2 is 1.83 bits per heavy atom. The lowest BCUT2D eigenvalue weighted by Crippen LogP contribution is -2.44. The lowest BCUT2D eigenvalue weighted by molar-refractivity contribution is -0.216. The fraction of sp³-hybridized carbons (Fsp3) is 0.357. The van der Waals surface area contributed by atoms with Crippen molar-refractivity contribution in [1.82, 2.24) is 0 Å². The van der Waals surface area contributed by atoms with E-state index in [4.69, 9.17) is 0 Å². The molecule has 0 aliphatic carbocycles. The summed E-state index contributed by atoms with van der Waals surface area (Å²) in [5, 5.41) is 1.30. The van der Waals surface area contributed by atoms with Crippen LogP contribution in [0.5, 0.6) is 0 Å². The first kappa shape index (κ1) is 14.7. The summed E-state index contributed by atoms with van der Waals surface area (Å²) in [4.78, 5) is 20.3. The molecule has 0 N–H and O–H groups in total. The zero-order chi connectivity index (χ0) is 13.6. The van der Waals surface area contributed by atoms with Crippen LogP contribution in [-0.4, -0.2) is 21.2 Å². The molecule has 0 saturated carbocycles. The van der Waals surface area contributed by atoms with Crippen molar-refractivity contribution in [3.63, 3.8) is 0 Å². The molecule has 4 heteroatoms. The van der Waals surface area contributed by atoms with Gasteiger partial charge in [-0.15, -0.1) is 6.58 Å². The van der Waals surface area contributed by atoms with Crippen molar-refractivity contribution in [3.8, 4) is 0 Å². The van der Waals surface area contributed by atoms with Gasteiger partial charge in [0.25, 0.3) is 0 Å². The van der Waals surface area contributed by atoms with Crippen LogP contribution in [0.2, 0.25) is 12.1 Å². The van der Waals surface area contributed by atoms with Crippen molar-refractivity contribution in [2.75, 3.05) is 7.11 Å². The van der Waals surface area contributed by atoms with Gasteiger partial charge in [-0.05, 0) is 12.1 Å². The van der Waals surface area contributed by atoms with E-state index in [2.05, 4.69) is 35.9 Å². The third kappa shape index (κ3) is 2.89. The zero-order valence-corrected chi connectivity index (χ0v) is 12.2. The van der Waals surface area contributed by atoms with Gasteiger partial charge in [0.2, 0.25) is 0 Å². The Bertz CT molecular complexity index is 408. The molecule has 0 unspecified atom stereocenters. The summed E-state index contributed by atoms with van der Waals surface area (Å²) >= 11 is 0. The Morgan fingerprint density at radius 3 is 2.22 bits per heavy atom. The number of hydrogen-bond donors (Lipinski definition) is 0. The summed E-state index contributed by atoms with van der Waals surface area (Å²) in [5.74, 6) is -0.470. The summed E-state index contributed by atoms with van der Waals surface area (Å²) in [5.41, 5.74) is 2.62. The Balaban J connectivity index is 3.01. The van der Waals surface area contributed by atoms with Crippen LogP contribution in [0.1, 0.15) is 24.2 Å². The van der Waals surface area contributed by atoms with Crippen LogP contribution >= 0.6 is 0 Å². The van der Waals surface area contributed by atoms with Gasteiger partial charge in [0.05, 0.1) is 12.7 Å². The molecule has 0 saturated heterocycles. The highest BCUT2D eigenvalue weighted by atomic mass is 28.3. The first-order valence-electron chi connectivity index (χ1n) is 6.12. The van der Waals surface area contributed by atoms with Crippen LogP contribution in [0.4, 0.5) is 0 Å². The second-order valence-corrected chi connectivity index (χ2v) is 8.89. The smallest absolute Gasteiger partial charge is 0.293 e. The molecule has 0 amide bonds. The minimum absolute atomic E-state index is 0.470. The SMILES string of the molecule is C=C[Si](CC)(CC)c1ccc(C(=O)OOC)cc1. The lowest BCUT2D eigenvalue weighted by atomic mass is 10.2. The summed E-state index contributed by atoms with van der Waals surface area (Å²) < 4.78 is 0. The number of rotatable bonds is 6. The van der Waals surface area contributed by atoms with E-state index in [1.807, 2.05) is 12.1 Å². The third-order valence-electron chi connectivity index (χ3n) is 3.51. The summed E-state index contributed by atoms with van der Waals surface area (Å²) in [7, 11) is -0.274. The maximum atomic E-state index is 11.5. The molecule has 1 aromatic carbocycles. The van der Waals surface area contributed by atoms with Gasteiger partial charge in [-0.2, -0.15) is 4.89 Å². The van der Waals surface area contributed by atoms with Gasteiger partial charge in [0.15, 0.2) is 0 Å². The van der Waals surface area contributed by atoms with Gasteiger partial charge in [-0.25, -0.2) is 4.79 Å². The molecule has 0 aliphatic rings. The molecule has 0 heterocycles. The van der Waals surface area contributed by atoms with E-state index in [-0.39, 0.29) is 0 Å². The van der Waals surface area contributed by atoms with Crippen molar-refractivity contribution in [2.24, 2.45) is 0 Å². The maximum absolute atomic E-state index is 11.5. The van der Waals surface area contributed by atoms with Crippen LogP contribution in [-0.2, 0) is 9.78 Å². The Morgan fingerprint density at radius 1 is 1.28 bits per heavy atom.